The third-order valence-corrected chi connectivity index (χ3v) is 7.51. The number of carbonyl (C=O) groups excluding carboxylic acids is 1. The van der Waals surface area contributed by atoms with Crippen LogP contribution in [0.4, 0.5) is 0 Å². The van der Waals surface area contributed by atoms with E-state index in [1.807, 2.05) is 72.8 Å². The predicted octanol–water partition coefficient (Wildman–Crippen LogP) is 5.44. The standard InChI is InChI=1S/C29H33ClN2O3/c1-28(2,32-19-24(20-32)35-26-18-23(34-3)14-15-25(26)30)16-17-29(27(31)33,21-10-6-4-7-11-21)22-12-8-5-9-13-22/h4-15,18,24H,16-17,19-20H2,1-3H3,(H2,31,33). The quantitative estimate of drug-likeness (QED) is 0.409. The van der Waals surface area contributed by atoms with Crippen molar-refractivity contribution in [3.8, 4) is 11.5 Å². The maximum Gasteiger partial charge on any atom is 0.232 e. The van der Waals surface area contributed by atoms with Gasteiger partial charge in [-0.25, -0.2) is 0 Å². The van der Waals surface area contributed by atoms with Gasteiger partial charge in [-0.3, -0.25) is 9.69 Å². The predicted molar refractivity (Wildman–Crippen MR) is 140 cm³/mol. The number of primary amides is 1. The van der Waals surface area contributed by atoms with Crippen molar-refractivity contribution in [2.45, 2.75) is 43.7 Å². The summed E-state index contributed by atoms with van der Waals surface area (Å²) < 4.78 is 11.4. The lowest BCUT2D eigenvalue weighted by molar-refractivity contribution is -0.122. The fraction of sp³-hybridized carbons (Fsp3) is 0.345. The molecule has 0 aromatic heterocycles. The van der Waals surface area contributed by atoms with Crippen molar-refractivity contribution >= 4 is 17.5 Å². The summed E-state index contributed by atoms with van der Waals surface area (Å²) >= 11 is 6.31. The molecule has 1 aliphatic heterocycles. The van der Waals surface area contributed by atoms with Crippen molar-refractivity contribution in [2.75, 3.05) is 20.2 Å². The third-order valence-electron chi connectivity index (χ3n) is 7.20. The normalized spacial score (nSPS) is 14.9. The molecule has 1 aliphatic rings. The van der Waals surface area contributed by atoms with E-state index in [0.717, 1.165) is 30.6 Å². The Bertz CT molecular complexity index is 1110. The molecule has 0 bridgehead atoms. The number of amides is 1. The highest BCUT2D eigenvalue weighted by atomic mass is 35.5. The molecule has 3 aromatic rings. The van der Waals surface area contributed by atoms with Crippen LogP contribution in [0.2, 0.25) is 5.02 Å². The second kappa shape index (κ2) is 10.3. The van der Waals surface area contributed by atoms with Gasteiger partial charge in [-0.05, 0) is 49.9 Å². The van der Waals surface area contributed by atoms with Crippen LogP contribution in [0.25, 0.3) is 0 Å². The van der Waals surface area contributed by atoms with E-state index in [0.29, 0.717) is 22.9 Å². The molecule has 2 N–H and O–H groups in total. The van der Waals surface area contributed by atoms with Gasteiger partial charge in [-0.1, -0.05) is 72.3 Å². The summed E-state index contributed by atoms with van der Waals surface area (Å²) in [5.41, 5.74) is 6.94. The molecule has 1 amide bonds. The van der Waals surface area contributed by atoms with Gasteiger partial charge >= 0.3 is 0 Å². The first kappa shape index (κ1) is 25.1. The Morgan fingerprint density at radius 2 is 1.54 bits per heavy atom. The first-order chi connectivity index (χ1) is 16.8. The van der Waals surface area contributed by atoms with E-state index < -0.39 is 5.41 Å². The van der Waals surface area contributed by atoms with Crippen molar-refractivity contribution in [3.63, 3.8) is 0 Å². The van der Waals surface area contributed by atoms with Gasteiger partial charge in [0.1, 0.15) is 17.6 Å². The minimum atomic E-state index is -0.894. The summed E-state index contributed by atoms with van der Waals surface area (Å²) in [4.78, 5) is 15.5. The van der Waals surface area contributed by atoms with E-state index in [1.165, 1.54) is 0 Å². The number of nitrogens with two attached hydrogens (primary N) is 1. The van der Waals surface area contributed by atoms with Crippen LogP contribution in [0, 0.1) is 0 Å². The summed E-state index contributed by atoms with van der Waals surface area (Å²) in [7, 11) is 1.62. The minimum Gasteiger partial charge on any atom is -0.497 e. The lowest BCUT2D eigenvalue weighted by Crippen LogP contribution is -2.62. The number of rotatable bonds is 10. The fourth-order valence-electron chi connectivity index (χ4n) is 4.85. The molecule has 1 saturated heterocycles. The molecule has 35 heavy (non-hydrogen) atoms. The Morgan fingerprint density at radius 1 is 0.971 bits per heavy atom. The molecule has 0 saturated carbocycles. The van der Waals surface area contributed by atoms with Crippen LogP contribution >= 0.6 is 11.6 Å². The zero-order valence-electron chi connectivity index (χ0n) is 20.5. The summed E-state index contributed by atoms with van der Waals surface area (Å²) in [5.74, 6) is 1.02. The number of nitrogens with zero attached hydrogens (tertiary/aromatic N) is 1. The van der Waals surface area contributed by atoms with Gasteiger partial charge in [-0.2, -0.15) is 0 Å². The molecule has 0 atom stereocenters. The van der Waals surface area contributed by atoms with Gasteiger partial charge in [0.05, 0.1) is 17.5 Å². The van der Waals surface area contributed by atoms with Gasteiger partial charge in [0.25, 0.3) is 0 Å². The Balaban J connectivity index is 1.48. The molecule has 6 heteroatoms. The van der Waals surface area contributed by atoms with Crippen molar-refractivity contribution in [1.82, 2.24) is 4.90 Å². The molecule has 0 unspecified atom stereocenters. The smallest absolute Gasteiger partial charge is 0.232 e. The lowest BCUT2D eigenvalue weighted by Gasteiger charge is -2.49. The average Bonchev–Trinajstić information content (AvgIpc) is 2.83. The summed E-state index contributed by atoms with van der Waals surface area (Å²) in [5, 5.41) is 0.570. The number of ether oxygens (including phenoxy) is 2. The van der Waals surface area contributed by atoms with E-state index in [9.17, 15) is 4.79 Å². The van der Waals surface area contributed by atoms with Crippen LogP contribution in [-0.2, 0) is 10.2 Å². The monoisotopic (exact) mass is 492 g/mol. The molecule has 184 valence electrons. The summed E-state index contributed by atoms with van der Waals surface area (Å²) in [6.07, 6.45) is 1.43. The maximum atomic E-state index is 13.1. The van der Waals surface area contributed by atoms with E-state index in [4.69, 9.17) is 26.8 Å². The highest BCUT2D eigenvalue weighted by Crippen LogP contribution is 2.40. The number of carbonyl (C=O) groups is 1. The van der Waals surface area contributed by atoms with Gasteiger partial charge in [0.2, 0.25) is 5.91 Å². The van der Waals surface area contributed by atoms with Crippen LogP contribution in [0.1, 0.15) is 37.8 Å². The Hall–Kier alpha value is -3.02. The molecule has 4 rings (SSSR count). The average molecular weight is 493 g/mol. The van der Waals surface area contributed by atoms with Gasteiger partial charge in [-0.15, -0.1) is 0 Å². The van der Waals surface area contributed by atoms with Crippen molar-refractivity contribution < 1.29 is 14.3 Å². The Kier molecular flexibility index (Phi) is 7.39. The molecule has 1 fully saturated rings. The van der Waals surface area contributed by atoms with E-state index in [2.05, 4.69) is 18.7 Å². The number of methoxy groups -OCH3 is 1. The number of hydrogen-bond donors (Lipinski definition) is 1. The van der Waals surface area contributed by atoms with Crippen LogP contribution < -0.4 is 15.2 Å². The number of halogens is 1. The van der Waals surface area contributed by atoms with E-state index in [-0.39, 0.29) is 17.6 Å². The summed E-state index contributed by atoms with van der Waals surface area (Å²) in [6.45, 7) is 5.98. The molecular weight excluding hydrogens is 460 g/mol. The number of benzene rings is 3. The van der Waals surface area contributed by atoms with Crippen molar-refractivity contribution in [2.24, 2.45) is 5.73 Å². The lowest BCUT2D eigenvalue weighted by atomic mass is 9.69. The highest BCUT2D eigenvalue weighted by molar-refractivity contribution is 6.32. The second-order valence-electron chi connectivity index (χ2n) is 9.76. The van der Waals surface area contributed by atoms with Gasteiger partial charge in [0, 0.05) is 24.7 Å². The molecule has 0 aliphatic carbocycles. The zero-order chi connectivity index (χ0) is 25.1. The molecule has 0 spiro atoms. The number of hydrogen-bond acceptors (Lipinski definition) is 4. The van der Waals surface area contributed by atoms with Crippen LogP contribution in [0.5, 0.6) is 11.5 Å². The van der Waals surface area contributed by atoms with Crippen LogP contribution in [0.15, 0.2) is 78.9 Å². The highest BCUT2D eigenvalue weighted by Gasteiger charge is 2.44. The second-order valence-corrected chi connectivity index (χ2v) is 10.2. The van der Waals surface area contributed by atoms with Gasteiger partial charge in [0.15, 0.2) is 0 Å². The molecule has 1 heterocycles. The maximum absolute atomic E-state index is 13.1. The zero-order valence-corrected chi connectivity index (χ0v) is 21.3. The van der Waals surface area contributed by atoms with Crippen molar-refractivity contribution in [1.29, 1.82) is 0 Å². The first-order valence-corrected chi connectivity index (χ1v) is 12.3. The SMILES string of the molecule is COc1ccc(Cl)c(OC2CN(C(C)(C)CCC(C(N)=O)(c3ccccc3)c3ccccc3)C2)c1. The Morgan fingerprint density at radius 3 is 2.06 bits per heavy atom. The number of likely N-dealkylation sites (tertiary alicyclic amines) is 1. The largest absolute Gasteiger partial charge is 0.497 e. The van der Waals surface area contributed by atoms with E-state index in [1.54, 1.807) is 13.2 Å². The Labute approximate surface area is 212 Å². The first-order valence-electron chi connectivity index (χ1n) is 11.9. The topological polar surface area (TPSA) is 64.8 Å². The van der Waals surface area contributed by atoms with Gasteiger partial charge < -0.3 is 15.2 Å². The molecular formula is C29H33ClN2O3. The summed E-state index contributed by atoms with van der Waals surface area (Å²) in [6, 6.07) is 25.2. The van der Waals surface area contributed by atoms with E-state index >= 15 is 0 Å². The third kappa shape index (κ3) is 5.16. The molecule has 5 nitrogen and oxygen atoms in total. The van der Waals surface area contributed by atoms with Crippen molar-refractivity contribution in [3.05, 3.63) is 95.0 Å². The molecule has 3 aromatic carbocycles. The molecule has 0 radical (unpaired) electrons. The minimum absolute atomic E-state index is 0.0445. The van der Waals surface area contributed by atoms with Crippen LogP contribution in [0.3, 0.4) is 0 Å². The van der Waals surface area contributed by atoms with Crippen LogP contribution in [-0.4, -0.2) is 42.6 Å². The fourth-order valence-corrected chi connectivity index (χ4v) is 5.01.